The Kier molecular flexibility index (Phi) is 5.74. The first-order valence-corrected chi connectivity index (χ1v) is 10.0. The van der Waals surface area contributed by atoms with Crippen molar-refractivity contribution in [1.29, 1.82) is 0 Å². The molecule has 2 aliphatic rings. The molecular formula is C24H19N3O7. The number of carbonyl (C=O) groups excluding carboxylic acids is 1. The van der Waals surface area contributed by atoms with Crippen molar-refractivity contribution in [2.45, 2.75) is 12.5 Å². The van der Waals surface area contributed by atoms with Gasteiger partial charge in [-0.1, -0.05) is 12.1 Å². The van der Waals surface area contributed by atoms with E-state index in [4.69, 9.17) is 21.0 Å². The van der Waals surface area contributed by atoms with E-state index in [2.05, 4.69) is 4.99 Å². The molecule has 0 bridgehead atoms. The van der Waals surface area contributed by atoms with E-state index in [-0.39, 0.29) is 22.2 Å². The smallest absolute Gasteiger partial charge is 0.340 e. The van der Waals surface area contributed by atoms with Crippen molar-refractivity contribution < 1.29 is 34.1 Å². The number of anilines is 1. The van der Waals surface area contributed by atoms with E-state index in [9.17, 15) is 24.6 Å². The summed E-state index contributed by atoms with van der Waals surface area (Å²) in [7, 11) is 0. The molecule has 0 spiro atoms. The van der Waals surface area contributed by atoms with Gasteiger partial charge in [0.2, 0.25) is 0 Å². The maximum absolute atomic E-state index is 12.2. The van der Waals surface area contributed by atoms with Gasteiger partial charge < -0.3 is 31.2 Å². The van der Waals surface area contributed by atoms with Gasteiger partial charge in [0.15, 0.2) is 0 Å². The lowest BCUT2D eigenvalue weighted by atomic mass is 9.90. The van der Waals surface area contributed by atoms with Crippen LogP contribution in [0.1, 0.15) is 16.8 Å². The number of carbonyl (C=O) groups is 3. The average Bonchev–Trinajstić information content (AvgIpc) is 2.76. The number of rotatable bonds is 5. The van der Waals surface area contributed by atoms with Crippen LogP contribution in [0.25, 0.3) is 33.4 Å². The first-order valence-electron chi connectivity index (χ1n) is 10.0. The number of nitrogen functional groups attached to an aromatic ring is 1. The Balaban J connectivity index is 2.01. The number of amides is 1. The predicted molar refractivity (Wildman–Crippen MR) is 122 cm³/mol. The average molecular weight is 461 g/mol. The molecule has 1 atom stereocenters. The number of nitrogens with two attached hydrogens (primary N) is 2. The second-order valence-corrected chi connectivity index (χ2v) is 7.57. The quantitative estimate of drug-likeness (QED) is 0.219. The minimum atomic E-state index is -1.31. The third-order valence-corrected chi connectivity index (χ3v) is 5.21. The second kappa shape index (κ2) is 8.68. The summed E-state index contributed by atoms with van der Waals surface area (Å²) in [6, 6.07) is 12.5. The summed E-state index contributed by atoms with van der Waals surface area (Å²) < 4.78 is 5.98. The molecule has 1 aliphatic heterocycles. The number of aromatic hydroxyl groups is 1. The summed E-state index contributed by atoms with van der Waals surface area (Å²) in [6.45, 7) is 0. The largest absolute Gasteiger partial charge is 0.507 e. The zero-order chi connectivity index (χ0) is 24.6. The summed E-state index contributed by atoms with van der Waals surface area (Å²) in [6.07, 6.45) is -0.566. The van der Waals surface area contributed by atoms with Gasteiger partial charge >= 0.3 is 11.9 Å². The minimum absolute atomic E-state index is 0.172. The lowest BCUT2D eigenvalue weighted by molar-refractivity contribution is -0.139. The standard InChI is InChI=1S/C24H19N3O7/c25-11-4-6-13-18(8-11)34-19-9-12(27-23(31)16(26)10-20(29)30)5-7-14(19)21(13)15-2-1-3-17(28)22(15)24(32)33/h1-9,16,28H,10,25-26H2,(H,29,30)(H,32,33). The summed E-state index contributed by atoms with van der Waals surface area (Å²) in [5.41, 5.74) is 13.2. The van der Waals surface area contributed by atoms with Crippen LogP contribution in [0, 0.1) is 0 Å². The van der Waals surface area contributed by atoms with Crippen LogP contribution in [0.4, 0.5) is 5.69 Å². The van der Waals surface area contributed by atoms with Crippen LogP contribution in [0.3, 0.4) is 0 Å². The van der Waals surface area contributed by atoms with Gasteiger partial charge in [0.25, 0.3) is 5.91 Å². The number of aliphatic carboxylic acids is 1. The lowest BCUT2D eigenvalue weighted by Gasteiger charge is -2.17. The zero-order valence-corrected chi connectivity index (χ0v) is 17.6. The SMILES string of the molecule is Nc1ccc2c(-c3cccc(O)c3C(=O)O)c3ccc(=NC(=O)C(N)CC(=O)O)cc-3oc2c1. The fraction of sp³-hybridized carbons (Fsp3) is 0.0833. The highest BCUT2D eigenvalue weighted by molar-refractivity contribution is 6.08. The van der Waals surface area contributed by atoms with Crippen molar-refractivity contribution in [3.8, 4) is 28.2 Å². The maximum atomic E-state index is 12.2. The molecule has 1 heterocycles. The summed E-state index contributed by atoms with van der Waals surface area (Å²) >= 11 is 0. The number of carboxylic acid groups (broad SMARTS) is 2. The Hall–Kier alpha value is -4.70. The van der Waals surface area contributed by atoms with E-state index >= 15 is 0 Å². The molecule has 1 unspecified atom stereocenters. The molecule has 0 aromatic heterocycles. The van der Waals surface area contributed by atoms with Gasteiger partial charge in [0.05, 0.1) is 17.8 Å². The van der Waals surface area contributed by atoms with Gasteiger partial charge in [-0.2, -0.15) is 0 Å². The molecule has 2 aromatic carbocycles. The molecule has 34 heavy (non-hydrogen) atoms. The number of aromatic carboxylic acids is 1. The van der Waals surface area contributed by atoms with Crippen LogP contribution in [-0.2, 0) is 9.59 Å². The van der Waals surface area contributed by atoms with Gasteiger partial charge in [0, 0.05) is 39.9 Å². The Morgan fingerprint density at radius 2 is 1.76 bits per heavy atom. The van der Waals surface area contributed by atoms with Crippen LogP contribution in [-0.4, -0.2) is 39.2 Å². The van der Waals surface area contributed by atoms with E-state index in [0.717, 1.165) is 0 Å². The molecule has 1 aliphatic carbocycles. The van der Waals surface area contributed by atoms with Crippen LogP contribution in [0.15, 0.2) is 64.0 Å². The lowest BCUT2D eigenvalue weighted by Crippen LogP contribution is -2.32. The Morgan fingerprint density at radius 1 is 1.00 bits per heavy atom. The van der Waals surface area contributed by atoms with Crippen LogP contribution in [0.5, 0.6) is 5.75 Å². The first kappa shape index (κ1) is 22.5. The third-order valence-electron chi connectivity index (χ3n) is 5.21. The highest BCUT2D eigenvalue weighted by Gasteiger charge is 2.24. The number of fused-ring (bicyclic) bond motifs is 2. The number of nitrogens with zero attached hydrogens (tertiary/aromatic N) is 1. The molecule has 10 heteroatoms. The maximum Gasteiger partial charge on any atom is 0.340 e. The monoisotopic (exact) mass is 461 g/mol. The number of benzene rings is 3. The molecule has 10 nitrogen and oxygen atoms in total. The Labute approximate surface area is 191 Å². The molecule has 4 rings (SSSR count). The van der Waals surface area contributed by atoms with Crippen LogP contribution >= 0.6 is 0 Å². The molecule has 1 amide bonds. The highest BCUT2D eigenvalue weighted by Crippen LogP contribution is 2.43. The van der Waals surface area contributed by atoms with E-state index in [0.29, 0.717) is 27.8 Å². The molecule has 0 saturated heterocycles. The van der Waals surface area contributed by atoms with Crippen LogP contribution < -0.4 is 16.8 Å². The molecule has 0 saturated carbocycles. The van der Waals surface area contributed by atoms with Gasteiger partial charge in [-0.3, -0.25) is 9.59 Å². The fourth-order valence-corrected chi connectivity index (χ4v) is 3.71. The van der Waals surface area contributed by atoms with Crippen molar-refractivity contribution in [2.24, 2.45) is 10.7 Å². The number of phenols is 1. The molecular weight excluding hydrogens is 442 g/mol. The third kappa shape index (κ3) is 4.17. The van der Waals surface area contributed by atoms with E-state index in [1.54, 1.807) is 30.3 Å². The summed E-state index contributed by atoms with van der Waals surface area (Å²) in [5.74, 6) is -3.48. The Morgan fingerprint density at radius 3 is 2.47 bits per heavy atom. The van der Waals surface area contributed by atoms with E-state index < -0.39 is 36.1 Å². The van der Waals surface area contributed by atoms with Crippen molar-refractivity contribution >= 4 is 34.5 Å². The molecule has 0 radical (unpaired) electrons. The molecule has 0 fully saturated rings. The Bertz CT molecular complexity index is 1510. The zero-order valence-electron chi connectivity index (χ0n) is 17.6. The first-order chi connectivity index (χ1) is 16.2. The van der Waals surface area contributed by atoms with E-state index in [1.807, 2.05) is 0 Å². The number of hydrogen-bond acceptors (Lipinski definition) is 7. The van der Waals surface area contributed by atoms with Gasteiger partial charge in [-0.05, 0) is 30.3 Å². The highest BCUT2D eigenvalue weighted by atomic mass is 16.4. The van der Waals surface area contributed by atoms with E-state index in [1.165, 1.54) is 24.3 Å². The van der Waals surface area contributed by atoms with Crippen molar-refractivity contribution in [2.75, 3.05) is 5.73 Å². The van der Waals surface area contributed by atoms with Gasteiger partial charge in [-0.15, -0.1) is 0 Å². The van der Waals surface area contributed by atoms with Crippen LogP contribution in [0.2, 0.25) is 0 Å². The number of hydrogen-bond donors (Lipinski definition) is 5. The topological polar surface area (TPSA) is 189 Å². The summed E-state index contributed by atoms with van der Waals surface area (Å²) in [5, 5.41) is 29.5. The predicted octanol–water partition coefficient (Wildman–Crippen LogP) is 2.42. The van der Waals surface area contributed by atoms with Crippen molar-refractivity contribution in [1.82, 2.24) is 0 Å². The van der Waals surface area contributed by atoms with Crippen molar-refractivity contribution in [3.05, 3.63) is 65.5 Å². The van der Waals surface area contributed by atoms with Crippen molar-refractivity contribution in [3.63, 3.8) is 0 Å². The fourth-order valence-electron chi connectivity index (χ4n) is 3.71. The second-order valence-electron chi connectivity index (χ2n) is 7.57. The van der Waals surface area contributed by atoms with Gasteiger partial charge in [-0.25, -0.2) is 9.79 Å². The summed E-state index contributed by atoms with van der Waals surface area (Å²) in [4.78, 5) is 38.8. The molecule has 172 valence electrons. The molecule has 7 N–H and O–H groups in total. The minimum Gasteiger partial charge on any atom is -0.507 e. The van der Waals surface area contributed by atoms with Gasteiger partial charge in [0.1, 0.15) is 22.7 Å². The normalized spacial score (nSPS) is 12.7. The molecule has 2 aromatic rings. The number of carboxylic acids is 2.